The molecule has 2 rings (SSSR count). The van der Waals surface area contributed by atoms with Crippen LogP contribution in [0.2, 0.25) is 0 Å². The lowest BCUT2D eigenvalue weighted by Crippen LogP contribution is -2.31. The Kier molecular flexibility index (Phi) is 4.83. The SMILES string of the molecule is COc1cccc(S(=O)(=O)NC(=O)/C(C#N)=C/c2ccco2)c1. The van der Waals surface area contributed by atoms with Gasteiger partial charge < -0.3 is 9.15 Å². The zero-order valence-electron chi connectivity index (χ0n) is 12.0. The van der Waals surface area contributed by atoms with Gasteiger partial charge in [0.05, 0.1) is 18.3 Å². The predicted molar refractivity (Wildman–Crippen MR) is 80.6 cm³/mol. The quantitative estimate of drug-likeness (QED) is 0.659. The molecule has 2 aromatic rings. The van der Waals surface area contributed by atoms with Crippen molar-refractivity contribution in [2.45, 2.75) is 4.90 Å². The standard InChI is InChI=1S/C15H12N2O5S/c1-21-12-4-2-6-14(9-12)23(19,20)17-15(18)11(10-16)8-13-5-3-7-22-13/h2-9H,1H3,(H,17,18)/b11-8+. The van der Waals surface area contributed by atoms with Crippen molar-refractivity contribution >= 4 is 22.0 Å². The summed E-state index contributed by atoms with van der Waals surface area (Å²) < 4.78 is 36.1. The van der Waals surface area contributed by atoms with Crippen LogP contribution >= 0.6 is 0 Å². The van der Waals surface area contributed by atoms with Crippen LogP contribution < -0.4 is 9.46 Å². The zero-order valence-corrected chi connectivity index (χ0v) is 12.8. The fourth-order valence-electron chi connectivity index (χ4n) is 1.67. The number of hydrogen-bond acceptors (Lipinski definition) is 6. The number of nitrogens with zero attached hydrogens (tertiary/aromatic N) is 1. The van der Waals surface area contributed by atoms with Gasteiger partial charge in [-0.15, -0.1) is 0 Å². The van der Waals surface area contributed by atoms with Gasteiger partial charge >= 0.3 is 0 Å². The number of furan rings is 1. The van der Waals surface area contributed by atoms with Crippen LogP contribution in [0.4, 0.5) is 0 Å². The lowest BCUT2D eigenvalue weighted by Gasteiger charge is -2.07. The Bertz CT molecular complexity index is 877. The first-order chi connectivity index (χ1) is 11.0. The molecule has 7 nitrogen and oxygen atoms in total. The number of rotatable bonds is 5. The van der Waals surface area contributed by atoms with E-state index in [1.54, 1.807) is 18.2 Å². The number of carbonyl (C=O) groups is 1. The molecule has 0 saturated heterocycles. The third kappa shape index (κ3) is 3.99. The summed E-state index contributed by atoms with van der Waals surface area (Å²) in [5, 5.41) is 9.01. The second-order valence-electron chi connectivity index (χ2n) is 4.30. The Morgan fingerprint density at radius 2 is 2.13 bits per heavy atom. The van der Waals surface area contributed by atoms with Crippen molar-refractivity contribution in [1.29, 1.82) is 5.26 Å². The smallest absolute Gasteiger partial charge is 0.275 e. The number of ether oxygens (including phenoxy) is 1. The second-order valence-corrected chi connectivity index (χ2v) is 5.98. The van der Waals surface area contributed by atoms with E-state index in [2.05, 4.69) is 0 Å². The molecule has 1 N–H and O–H groups in total. The van der Waals surface area contributed by atoms with Gasteiger partial charge in [-0.2, -0.15) is 5.26 Å². The molecule has 1 aromatic carbocycles. The van der Waals surface area contributed by atoms with Crippen LogP contribution in [0.5, 0.6) is 5.75 Å². The molecular formula is C15H12N2O5S. The van der Waals surface area contributed by atoms with Crippen molar-refractivity contribution in [2.24, 2.45) is 0 Å². The van der Waals surface area contributed by atoms with E-state index in [4.69, 9.17) is 14.4 Å². The monoisotopic (exact) mass is 332 g/mol. The highest BCUT2D eigenvalue weighted by molar-refractivity contribution is 7.90. The Morgan fingerprint density at radius 3 is 2.74 bits per heavy atom. The third-order valence-electron chi connectivity index (χ3n) is 2.77. The number of hydrogen-bond donors (Lipinski definition) is 1. The minimum Gasteiger partial charge on any atom is -0.497 e. The van der Waals surface area contributed by atoms with E-state index in [1.807, 2.05) is 4.72 Å². The molecule has 1 heterocycles. The maximum atomic E-state index is 12.2. The molecule has 23 heavy (non-hydrogen) atoms. The molecule has 0 aliphatic heterocycles. The summed E-state index contributed by atoms with van der Waals surface area (Å²) in [6.07, 6.45) is 2.52. The average Bonchev–Trinajstić information content (AvgIpc) is 3.05. The van der Waals surface area contributed by atoms with Gasteiger partial charge in [0.1, 0.15) is 23.2 Å². The van der Waals surface area contributed by atoms with Gasteiger partial charge in [0.15, 0.2) is 0 Å². The number of benzene rings is 1. The Morgan fingerprint density at radius 1 is 1.35 bits per heavy atom. The summed E-state index contributed by atoms with van der Waals surface area (Å²) in [4.78, 5) is 11.8. The number of carbonyl (C=O) groups excluding carboxylic acids is 1. The van der Waals surface area contributed by atoms with Gasteiger partial charge in [-0.05, 0) is 24.3 Å². The molecule has 1 aromatic heterocycles. The van der Waals surface area contributed by atoms with E-state index >= 15 is 0 Å². The Balaban J connectivity index is 2.25. The largest absolute Gasteiger partial charge is 0.497 e. The second kappa shape index (κ2) is 6.81. The van der Waals surface area contributed by atoms with Gasteiger partial charge in [0.2, 0.25) is 0 Å². The maximum absolute atomic E-state index is 12.2. The molecule has 0 radical (unpaired) electrons. The zero-order chi connectivity index (χ0) is 16.9. The number of nitriles is 1. The molecule has 0 aliphatic carbocycles. The van der Waals surface area contributed by atoms with Gasteiger partial charge in [-0.25, -0.2) is 13.1 Å². The van der Waals surface area contributed by atoms with Crippen molar-refractivity contribution in [3.05, 3.63) is 54.0 Å². The summed E-state index contributed by atoms with van der Waals surface area (Å²) in [6.45, 7) is 0. The van der Waals surface area contributed by atoms with Crippen LogP contribution in [0.1, 0.15) is 5.76 Å². The van der Waals surface area contributed by atoms with Crippen LogP contribution in [0, 0.1) is 11.3 Å². The molecule has 8 heteroatoms. The molecule has 1 amide bonds. The molecular weight excluding hydrogens is 320 g/mol. The number of sulfonamides is 1. The molecule has 0 fully saturated rings. The summed E-state index contributed by atoms with van der Waals surface area (Å²) >= 11 is 0. The van der Waals surface area contributed by atoms with E-state index in [0.29, 0.717) is 5.75 Å². The van der Waals surface area contributed by atoms with Gasteiger partial charge in [-0.1, -0.05) is 6.07 Å². The van der Waals surface area contributed by atoms with Gasteiger partial charge in [0, 0.05) is 12.1 Å². The number of amides is 1. The van der Waals surface area contributed by atoms with Crippen LogP contribution in [0.25, 0.3) is 6.08 Å². The van der Waals surface area contributed by atoms with Gasteiger partial charge in [0.25, 0.3) is 15.9 Å². The van der Waals surface area contributed by atoms with Crippen molar-refractivity contribution < 1.29 is 22.4 Å². The minimum absolute atomic E-state index is 0.152. The minimum atomic E-state index is -4.13. The van der Waals surface area contributed by atoms with Crippen LogP contribution in [-0.2, 0) is 14.8 Å². The maximum Gasteiger partial charge on any atom is 0.275 e. The van der Waals surface area contributed by atoms with Crippen LogP contribution in [0.3, 0.4) is 0 Å². The molecule has 118 valence electrons. The number of methoxy groups -OCH3 is 1. The average molecular weight is 332 g/mol. The normalized spacial score (nSPS) is 11.6. The first-order valence-electron chi connectivity index (χ1n) is 6.33. The molecule has 0 atom stereocenters. The van der Waals surface area contributed by atoms with Crippen LogP contribution in [0.15, 0.2) is 57.5 Å². The van der Waals surface area contributed by atoms with Crippen LogP contribution in [-0.4, -0.2) is 21.4 Å². The first-order valence-corrected chi connectivity index (χ1v) is 7.81. The molecule has 0 bridgehead atoms. The lowest BCUT2D eigenvalue weighted by molar-refractivity contribution is -0.115. The van der Waals surface area contributed by atoms with E-state index in [-0.39, 0.29) is 10.7 Å². The molecule has 0 aliphatic rings. The summed E-state index contributed by atoms with van der Waals surface area (Å²) in [7, 11) is -2.74. The van der Waals surface area contributed by atoms with E-state index in [9.17, 15) is 13.2 Å². The van der Waals surface area contributed by atoms with Crippen molar-refractivity contribution in [1.82, 2.24) is 4.72 Å². The topological polar surface area (TPSA) is 109 Å². The number of nitrogens with one attached hydrogen (secondary N) is 1. The van der Waals surface area contributed by atoms with Gasteiger partial charge in [-0.3, -0.25) is 4.79 Å². The highest BCUT2D eigenvalue weighted by Crippen LogP contribution is 2.17. The Labute approximate surface area is 132 Å². The Hall–Kier alpha value is -3.05. The predicted octanol–water partition coefficient (Wildman–Crippen LogP) is 1.70. The fourth-order valence-corrected chi connectivity index (χ4v) is 2.67. The molecule has 0 saturated carbocycles. The highest BCUT2D eigenvalue weighted by atomic mass is 32.2. The summed E-state index contributed by atoms with van der Waals surface area (Å²) in [5.74, 6) is -0.464. The van der Waals surface area contributed by atoms with Crippen molar-refractivity contribution in [2.75, 3.05) is 7.11 Å². The summed E-state index contributed by atoms with van der Waals surface area (Å²) in [6, 6.07) is 10.4. The van der Waals surface area contributed by atoms with E-state index < -0.39 is 21.5 Å². The van der Waals surface area contributed by atoms with Crippen molar-refractivity contribution in [3.8, 4) is 11.8 Å². The lowest BCUT2D eigenvalue weighted by atomic mass is 10.2. The molecule has 0 spiro atoms. The third-order valence-corrected chi connectivity index (χ3v) is 4.10. The first kappa shape index (κ1) is 16.3. The van der Waals surface area contributed by atoms with E-state index in [1.165, 1.54) is 37.6 Å². The highest BCUT2D eigenvalue weighted by Gasteiger charge is 2.21. The van der Waals surface area contributed by atoms with Crippen molar-refractivity contribution in [3.63, 3.8) is 0 Å². The van der Waals surface area contributed by atoms with E-state index in [0.717, 1.165) is 6.08 Å². The fraction of sp³-hybridized carbons (Fsp3) is 0.0667. The molecule has 0 unspecified atom stereocenters. The summed E-state index contributed by atoms with van der Waals surface area (Å²) in [5.41, 5.74) is -0.397.